The minimum Gasteiger partial charge on any atom is -0.350 e. The Balaban J connectivity index is 1.39. The van der Waals surface area contributed by atoms with Crippen LogP contribution in [0.3, 0.4) is 0 Å². The molecule has 2 aromatic rings. The molecule has 4 rings (SSSR count). The van der Waals surface area contributed by atoms with Crippen molar-refractivity contribution in [3.05, 3.63) is 69.3 Å². The Hall–Kier alpha value is -3.69. The molecule has 36 heavy (non-hydrogen) atoms. The Bertz CT molecular complexity index is 1320. The van der Waals surface area contributed by atoms with E-state index in [-0.39, 0.29) is 35.9 Å². The average molecular weight is 529 g/mol. The molecule has 2 aliphatic rings. The Kier molecular flexibility index (Phi) is 7.42. The van der Waals surface area contributed by atoms with Crippen LogP contribution >= 0.6 is 23.2 Å². The first-order chi connectivity index (χ1) is 17.1. The van der Waals surface area contributed by atoms with Crippen molar-refractivity contribution in [1.82, 2.24) is 10.2 Å². The highest BCUT2D eigenvalue weighted by Crippen LogP contribution is 2.29. The van der Waals surface area contributed by atoms with Gasteiger partial charge in [-0.05, 0) is 55.2 Å². The second kappa shape index (κ2) is 10.5. The first-order valence-corrected chi connectivity index (χ1v) is 11.9. The van der Waals surface area contributed by atoms with E-state index in [0.717, 1.165) is 16.0 Å². The van der Waals surface area contributed by atoms with E-state index >= 15 is 0 Å². The van der Waals surface area contributed by atoms with Gasteiger partial charge in [-0.15, -0.1) is 0 Å². The summed E-state index contributed by atoms with van der Waals surface area (Å²) in [7, 11) is 0. The molecular weight excluding hydrogens is 507 g/mol. The lowest BCUT2D eigenvalue weighted by Gasteiger charge is -2.28. The van der Waals surface area contributed by atoms with Crippen LogP contribution in [0, 0.1) is 6.92 Å². The predicted octanol–water partition coefficient (Wildman–Crippen LogP) is 3.26. The largest absolute Gasteiger partial charge is 0.350 e. The highest BCUT2D eigenvalue weighted by molar-refractivity contribution is 6.48. The zero-order valence-corrected chi connectivity index (χ0v) is 20.7. The number of nitrogens with zero attached hydrogens (tertiary/aromatic N) is 1. The molecule has 2 aliphatic heterocycles. The normalized spacial score (nSPS) is 18.0. The fourth-order valence-electron chi connectivity index (χ4n) is 3.94. The van der Waals surface area contributed by atoms with Crippen LogP contribution in [-0.4, -0.2) is 40.5 Å². The molecule has 0 aliphatic carbocycles. The van der Waals surface area contributed by atoms with Crippen LogP contribution in [0.5, 0.6) is 0 Å². The lowest BCUT2D eigenvalue weighted by Crippen LogP contribution is -2.54. The SMILES string of the molecule is Cc1ccc(NC(=O)CCc2cccc(NC3=C(Cl)C(=O)N(C4CCC(=O)NC4=O)C3=O)c2)cc1Cl. The van der Waals surface area contributed by atoms with Crippen molar-refractivity contribution in [1.29, 1.82) is 0 Å². The Morgan fingerprint density at radius 3 is 2.56 bits per heavy atom. The number of hydrogen-bond donors (Lipinski definition) is 3. The van der Waals surface area contributed by atoms with Crippen molar-refractivity contribution in [2.45, 2.75) is 38.6 Å². The van der Waals surface area contributed by atoms with Crippen LogP contribution in [0.1, 0.15) is 30.4 Å². The van der Waals surface area contributed by atoms with Gasteiger partial charge in [0.2, 0.25) is 17.7 Å². The molecule has 3 N–H and O–H groups in total. The molecular formula is C25H22Cl2N4O5. The maximum atomic E-state index is 12.9. The molecule has 0 saturated carbocycles. The van der Waals surface area contributed by atoms with Gasteiger partial charge in [0.25, 0.3) is 11.8 Å². The van der Waals surface area contributed by atoms with Crippen LogP contribution in [-0.2, 0) is 30.4 Å². The summed E-state index contributed by atoms with van der Waals surface area (Å²) in [6.07, 6.45) is 0.675. The molecule has 0 radical (unpaired) electrons. The molecule has 0 aromatic heterocycles. The van der Waals surface area contributed by atoms with E-state index in [2.05, 4.69) is 16.0 Å². The van der Waals surface area contributed by atoms with Gasteiger partial charge in [-0.25, -0.2) is 0 Å². The highest BCUT2D eigenvalue weighted by atomic mass is 35.5. The zero-order valence-electron chi connectivity index (χ0n) is 19.2. The standard InChI is InChI=1S/C25H22Cl2N4O5/c1-13-5-7-16(12-17(13)26)28-19(32)9-6-14-3-2-4-15(11-14)29-22-21(27)24(35)31(25(22)36)18-8-10-20(33)30-23(18)34/h2-5,7,11-12,18,29H,6,8-10H2,1H3,(H,28,32)(H,30,33,34). The summed E-state index contributed by atoms with van der Waals surface area (Å²) in [6, 6.07) is 11.2. The molecule has 1 unspecified atom stereocenters. The fraction of sp³-hybridized carbons (Fsp3) is 0.240. The van der Waals surface area contributed by atoms with E-state index in [0.29, 0.717) is 22.8 Å². The summed E-state index contributed by atoms with van der Waals surface area (Å²) in [6.45, 7) is 1.87. The van der Waals surface area contributed by atoms with Crippen molar-refractivity contribution in [3.8, 4) is 0 Å². The second-order valence-corrected chi connectivity index (χ2v) is 9.26. The van der Waals surface area contributed by atoms with Gasteiger partial charge in [-0.2, -0.15) is 0 Å². The molecule has 11 heteroatoms. The first-order valence-electron chi connectivity index (χ1n) is 11.2. The molecule has 0 spiro atoms. The monoisotopic (exact) mass is 528 g/mol. The lowest BCUT2D eigenvalue weighted by molar-refractivity contribution is -0.149. The van der Waals surface area contributed by atoms with Crippen LogP contribution in [0.2, 0.25) is 5.02 Å². The van der Waals surface area contributed by atoms with Gasteiger partial charge in [0.05, 0.1) is 0 Å². The Morgan fingerprint density at radius 2 is 1.83 bits per heavy atom. The molecule has 5 amide bonds. The molecule has 1 atom stereocenters. The van der Waals surface area contributed by atoms with E-state index in [4.69, 9.17) is 23.2 Å². The number of hydrogen-bond acceptors (Lipinski definition) is 6. The van der Waals surface area contributed by atoms with Crippen molar-refractivity contribution < 1.29 is 24.0 Å². The average Bonchev–Trinajstić information content (AvgIpc) is 3.04. The van der Waals surface area contributed by atoms with Crippen molar-refractivity contribution in [2.24, 2.45) is 0 Å². The summed E-state index contributed by atoms with van der Waals surface area (Å²) in [4.78, 5) is 62.3. The van der Waals surface area contributed by atoms with Crippen molar-refractivity contribution in [2.75, 3.05) is 10.6 Å². The maximum Gasteiger partial charge on any atom is 0.279 e. The quantitative estimate of drug-likeness (QED) is 0.473. The summed E-state index contributed by atoms with van der Waals surface area (Å²) in [5.74, 6) is -2.91. The Labute approximate surface area is 216 Å². The van der Waals surface area contributed by atoms with Gasteiger partial charge in [0.1, 0.15) is 16.8 Å². The third kappa shape index (κ3) is 5.42. The topological polar surface area (TPSA) is 125 Å². The lowest BCUT2D eigenvalue weighted by atomic mass is 10.0. The van der Waals surface area contributed by atoms with Gasteiger partial charge in [-0.3, -0.25) is 34.2 Å². The molecule has 1 saturated heterocycles. The third-order valence-corrected chi connectivity index (χ3v) is 6.63. The number of carbonyl (C=O) groups excluding carboxylic acids is 5. The number of anilines is 2. The van der Waals surface area contributed by atoms with Crippen molar-refractivity contribution >= 4 is 64.1 Å². The molecule has 0 bridgehead atoms. The molecule has 2 aromatic carbocycles. The van der Waals surface area contributed by atoms with Gasteiger partial charge in [0, 0.05) is 29.2 Å². The van der Waals surface area contributed by atoms with Crippen LogP contribution in [0.4, 0.5) is 11.4 Å². The van der Waals surface area contributed by atoms with Crippen LogP contribution in [0.25, 0.3) is 0 Å². The van der Waals surface area contributed by atoms with E-state index in [1.807, 2.05) is 19.1 Å². The van der Waals surface area contributed by atoms with Gasteiger partial charge in [0.15, 0.2) is 0 Å². The van der Waals surface area contributed by atoms with Crippen LogP contribution < -0.4 is 16.0 Å². The number of aryl methyl sites for hydroxylation is 2. The maximum absolute atomic E-state index is 12.9. The zero-order chi connectivity index (χ0) is 26.0. The minimum absolute atomic E-state index is 0.0143. The smallest absolute Gasteiger partial charge is 0.279 e. The highest BCUT2D eigenvalue weighted by Gasteiger charge is 2.46. The number of rotatable bonds is 7. The number of imide groups is 2. The molecule has 186 valence electrons. The second-order valence-electron chi connectivity index (χ2n) is 8.47. The predicted molar refractivity (Wildman–Crippen MR) is 134 cm³/mol. The summed E-state index contributed by atoms with van der Waals surface area (Å²) >= 11 is 12.2. The summed E-state index contributed by atoms with van der Waals surface area (Å²) in [5.41, 5.74) is 2.66. The first kappa shape index (κ1) is 25.4. The van der Waals surface area contributed by atoms with E-state index in [1.165, 1.54) is 0 Å². The number of nitrogens with one attached hydrogen (secondary N) is 3. The fourth-order valence-corrected chi connectivity index (χ4v) is 4.34. The summed E-state index contributed by atoms with van der Waals surface area (Å²) < 4.78 is 0. The Morgan fingerprint density at radius 1 is 1.06 bits per heavy atom. The number of amides is 5. The van der Waals surface area contributed by atoms with E-state index < -0.39 is 29.7 Å². The van der Waals surface area contributed by atoms with Gasteiger partial charge in [-0.1, -0.05) is 41.4 Å². The molecule has 1 fully saturated rings. The van der Waals surface area contributed by atoms with E-state index in [1.54, 1.807) is 30.3 Å². The number of piperidine rings is 1. The van der Waals surface area contributed by atoms with Gasteiger partial charge < -0.3 is 10.6 Å². The molecule has 9 nitrogen and oxygen atoms in total. The number of carbonyl (C=O) groups is 5. The van der Waals surface area contributed by atoms with Gasteiger partial charge >= 0.3 is 0 Å². The third-order valence-electron chi connectivity index (χ3n) is 5.87. The minimum atomic E-state index is -1.11. The van der Waals surface area contributed by atoms with Crippen LogP contribution in [0.15, 0.2) is 53.2 Å². The molecule has 2 heterocycles. The van der Waals surface area contributed by atoms with Crippen molar-refractivity contribution in [3.63, 3.8) is 0 Å². The van der Waals surface area contributed by atoms with E-state index in [9.17, 15) is 24.0 Å². The number of halogens is 2. The summed E-state index contributed by atoms with van der Waals surface area (Å²) in [5, 5.41) is 8.03. The number of benzene rings is 2.